The highest BCUT2D eigenvalue weighted by atomic mass is 16.2. The first-order valence-electron chi connectivity index (χ1n) is 5.28. The number of amides is 1. The molecule has 3 heteroatoms. The van der Waals surface area contributed by atoms with E-state index in [4.69, 9.17) is 0 Å². The Morgan fingerprint density at radius 1 is 1.38 bits per heavy atom. The molecule has 1 amide bonds. The third kappa shape index (κ3) is 1.70. The van der Waals surface area contributed by atoms with Gasteiger partial charge in [-0.05, 0) is 25.8 Å². The molecule has 0 radical (unpaired) electrons. The first-order valence-corrected chi connectivity index (χ1v) is 5.28. The zero-order valence-corrected chi connectivity index (χ0v) is 8.25. The van der Waals surface area contributed by atoms with Crippen LogP contribution >= 0.6 is 0 Å². The van der Waals surface area contributed by atoms with Gasteiger partial charge in [-0.25, -0.2) is 0 Å². The largest absolute Gasteiger partial charge is 0.341 e. The van der Waals surface area contributed by atoms with Crippen molar-refractivity contribution in [1.82, 2.24) is 10.2 Å². The highest BCUT2D eigenvalue weighted by Gasteiger charge is 2.32. The lowest BCUT2D eigenvalue weighted by atomic mass is 9.98. The molecule has 2 aliphatic rings. The lowest BCUT2D eigenvalue weighted by Gasteiger charge is -2.31. The third-order valence-electron chi connectivity index (χ3n) is 3.36. The van der Waals surface area contributed by atoms with E-state index in [1.807, 2.05) is 11.9 Å². The molecule has 0 aromatic carbocycles. The van der Waals surface area contributed by atoms with Crippen molar-refractivity contribution < 1.29 is 4.79 Å². The number of hydrogen-bond acceptors (Lipinski definition) is 2. The van der Waals surface area contributed by atoms with Crippen LogP contribution in [0.2, 0.25) is 0 Å². The van der Waals surface area contributed by atoms with Gasteiger partial charge in [0.05, 0.1) is 0 Å². The van der Waals surface area contributed by atoms with E-state index in [1.54, 1.807) is 0 Å². The van der Waals surface area contributed by atoms with Crippen LogP contribution in [0.5, 0.6) is 0 Å². The minimum atomic E-state index is 0.332. The minimum Gasteiger partial charge on any atom is -0.341 e. The summed E-state index contributed by atoms with van der Waals surface area (Å²) >= 11 is 0. The fourth-order valence-electron chi connectivity index (χ4n) is 2.51. The topological polar surface area (TPSA) is 32.3 Å². The molecular formula is C10H18N2O. The molecule has 0 bridgehead atoms. The Hall–Kier alpha value is -0.570. The molecular weight excluding hydrogens is 164 g/mol. The summed E-state index contributed by atoms with van der Waals surface area (Å²) in [7, 11) is 1.96. The van der Waals surface area contributed by atoms with Crippen LogP contribution in [0.1, 0.15) is 32.1 Å². The van der Waals surface area contributed by atoms with E-state index < -0.39 is 0 Å². The maximum atomic E-state index is 11.6. The Morgan fingerprint density at radius 3 is 3.08 bits per heavy atom. The molecule has 13 heavy (non-hydrogen) atoms. The van der Waals surface area contributed by atoms with E-state index in [0.29, 0.717) is 18.0 Å². The lowest BCUT2D eigenvalue weighted by molar-refractivity contribution is -0.132. The Labute approximate surface area is 79.5 Å². The molecule has 0 saturated carbocycles. The summed E-state index contributed by atoms with van der Waals surface area (Å²) in [6, 6.07) is 1.03. The monoisotopic (exact) mass is 182 g/mol. The molecule has 2 fully saturated rings. The van der Waals surface area contributed by atoms with Crippen LogP contribution in [0, 0.1) is 0 Å². The van der Waals surface area contributed by atoms with E-state index in [2.05, 4.69) is 5.32 Å². The minimum absolute atomic E-state index is 0.332. The second kappa shape index (κ2) is 3.66. The zero-order chi connectivity index (χ0) is 9.26. The molecule has 2 saturated heterocycles. The van der Waals surface area contributed by atoms with Gasteiger partial charge in [-0.3, -0.25) is 4.79 Å². The van der Waals surface area contributed by atoms with Crippen molar-refractivity contribution in [1.29, 1.82) is 0 Å². The Bertz CT molecular complexity index is 205. The fourth-order valence-corrected chi connectivity index (χ4v) is 2.51. The Balaban J connectivity index is 2.08. The standard InChI is InChI=1S/C10H18N2O/c1-12-9-6-7-11-8(9)4-2-3-5-10(12)13/h8-9,11H,2-7H2,1H3/t8-,9+/m0/s1. The summed E-state index contributed by atoms with van der Waals surface area (Å²) in [6.07, 6.45) is 5.39. The van der Waals surface area contributed by atoms with Crippen LogP contribution in [-0.4, -0.2) is 36.5 Å². The molecule has 2 aliphatic heterocycles. The van der Waals surface area contributed by atoms with E-state index in [9.17, 15) is 4.79 Å². The van der Waals surface area contributed by atoms with Crippen molar-refractivity contribution in [2.75, 3.05) is 13.6 Å². The molecule has 74 valence electrons. The molecule has 0 aliphatic carbocycles. The van der Waals surface area contributed by atoms with Crippen LogP contribution in [0.3, 0.4) is 0 Å². The van der Waals surface area contributed by atoms with E-state index in [1.165, 1.54) is 12.8 Å². The average molecular weight is 182 g/mol. The summed E-state index contributed by atoms with van der Waals surface area (Å²) < 4.78 is 0. The summed E-state index contributed by atoms with van der Waals surface area (Å²) in [5, 5.41) is 3.48. The van der Waals surface area contributed by atoms with Gasteiger partial charge in [0, 0.05) is 25.6 Å². The normalized spacial score (nSPS) is 35.5. The quantitative estimate of drug-likeness (QED) is 0.599. The average Bonchev–Trinajstić information content (AvgIpc) is 2.56. The third-order valence-corrected chi connectivity index (χ3v) is 3.36. The van der Waals surface area contributed by atoms with Crippen molar-refractivity contribution in [3.8, 4) is 0 Å². The summed E-state index contributed by atoms with van der Waals surface area (Å²) in [5.74, 6) is 0.332. The van der Waals surface area contributed by atoms with Crippen molar-refractivity contribution in [3.63, 3.8) is 0 Å². The number of fused-ring (bicyclic) bond motifs is 1. The highest BCUT2D eigenvalue weighted by Crippen LogP contribution is 2.22. The SMILES string of the molecule is CN1C(=O)CCCC[C@@H]2NCC[C@H]21. The van der Waals surface area contributed by atoms with Gasteiger partial charge in [0.15, 0.2) is 0 Å². The van der Waals surface area contributed by atoms with E-state index in [-0.39, 0.29) is 0 Å². The van der Waals surface area contributed by atoms with Crippen molar-refractivity contribution in [2.24, 2.45) is 0 Å². The van der Waals surface area contributed by atoms with Crippen molar-refractivity contribution in [2.45, 2.75) is 44.2 Å². The summed E-state index contributed by atoms with van der Waals surface area (Å²) in [5.41, 5.74) is 0. The predicted molar refractivity (Wildman–Crippen MR) is 51.4 cm³/mol. The van der Waals surface area contributed by atoms with Gasteiger partial charge in [0.1, 0.15) is 0 Å². The first-order chi connectivity index (χ1) is 6.29. The zero-order valence-electron chi connectivity index (χ0n) is 8.25. The Kier molecular flexibility index (Phi) is 2.54. The predicted octanol–water partition coefficient (Wildman–Crippen LogP) is 0.749. The number of carbonyl (C=O) groups is 1. The smallest absolute Gasteiger partial charge is 0.222 e. The molecule has 0 aromatic heterocycles. The second-order valence-electron chi connectivity index (χ2n) is 4.17. The highest BCUT2D eigenvalue weighted by molar-refractivity contribution is 5.76. The molecule has 0 unspecified atom stereocenters. The van der Waals surface area contributed by atoms with Crippen molar-refractivity contribution >= 4 is 5.91 Å². The van der Waals surface area contributed by atoms with Gasteiger partial charge in [-0.15, -0.1) is 0 Å². The molecule has 3 nitrogen and oxygen atoms in total. The van der Waals surface area contributed by atoms with Crippen LogP contribution in [0.25, 0.3) is 0 Å². The fraction of sp³-hybridized carbons (Fsp3) is 0.900. The van der Waals surface area contributed by atoms with Gasteiger partial charge in [-0.1, -0.05) is 6.42 Å². The van der Waals surface area contributed by atoms with Crippen LogP contribution in [0.15, 0.2) is 0 Å². The van der Waals surface area contributed by atoms with Gasteiger partial charge in [0.2, 0.25) is 5.91 Å². The van der Waals surface area contributed by atoms with Gasteiger partial charge in [-0.2, -0.15) is 0 Å². The number of rotatable bonds is 0. The molecule has 0 aromatic rings. The number of carbonyl (C=O) groups excluding carboxylic acids is 1. The number of likely N-dealkylation sites (N-methyl/N-ethyl adjacent to an activating group) is 1. The molecule has 2 rings (SSSR count). The number of likely N-dealkylation sites (tertiary alicyclic amines) is 1. The Morgan fingerprint density at radius 2 is 2.23 bits per heavy atom. The van der Waals surface area contributed by atoms with E-state index in [0.717, 1.165) is 25.8 Å². The molecule has 2 atom stereocenters. The molecule has 1 N–H and O–H groups in total. The molecule has 0 spiro atoms. The first kappa shape index (κ1) is 9.00. The van der Waals surface area contributed by atoms with Crippen LogP contribution < -0.4 is 5.32 Å². The summed E-state index contributed by atoms with van der Waals surface area (Å²) in [4.78, 5) is 13.6. The lowest BCUT2D eigenvalue weighted by Crippen LogP contribution is -2.45. The maximum Gasteiger partial charge on any atom is 0.222 e. The van der Waals surface area contributed by atoms with Crippen LogP contribution in [-0.2, 0) is 4.79 Å². The van der Waals surface area contributed by atoms with Gasteiger partial charge >= 0.3 is 0 Å². The number of nitrogens with one attached hydrogen (secondary N) is 1. The van der Waals surface area contributed by atoms with Gasteiger partial charge in [0.25, 0.3) is 0 Å². The number of hydrogen-bond donors (Lipinski definition) is 1. The maximum absolute atomic E-state index is 11.6. The summed E-state index contributed by atoms with van der Waals surface area (Å²) in [6.45, 7) is 1.08. The second-order valence-corrected chi connectivity index (χ2v) is 4.17. The molecule has 2 heterocycles. The van der Waals surface area contributed by atoms with Gasteiger partial charge < -0.3 is 10.2 Å². The number of nitrogens with zero attached hydrogens (tertiary/aromatic N) is 1. The van der Waals surface area contributed by atoms with Crippen molar-refractivity contribution in [3.05, 3.63) is 0 Å². The van der Waals surface area contributed by atoms with E-state index >= 15 is 0 Å². The van der Waals surface area contributed by atoms with Crippen LogP contribution in [0.4, 0.5) is 0 Å².